The van der Waals surface area contributed by atoms with Crippen molar-refractivity contribution in [2.24, 2.45) is 0 Å². The van der Waals surface area contributed by atoms with Crippen LogP contribution in [0, 0.1) is 6.92 Å². The Morgan fingerprint density at radius 3 is 2.40 bits per heavy atom. The molecule has 0 radical (unpaired) electrons. The number of benzene rings is 2. The summed E-state index contributed by atoms with van der Waals surface area (Å²) in [6, 6.07) is 16.9. The number of carbonyl (C=O) groups is 1. The lowest BCUT2D eigenvalue weighted by molar-refractivity contribution is -0.119. The number of anilines is 1. The van der Waals surface area contributed by atoms with Crippen molar-refractivity contribution in [3.8, 4) is 0 Å². The molecule has 6 heteroatoms. The molecule has 1 heterocycles. The van der Waals surface area contributed by atoms with Crippen molar-refractivity contribution in [3.63, 3.8) is 0 Å². The van der Waals surface area contributed by atoms with Gasteiger partial charge in [-0.2, -0.15) is 0 Å². The third-order valence-corrected chi connectivity index (χ3v) is 5.03. The largest absolute Gasteiger partial charge is 0.307 e. The predicted molar refractivity (Wildman–Crippen MR) is 102 cm³/mol. The second-order valence-electron chi connectivity index (χ2n) is 5.67. The molecule has 0 saturated carbocycles. The molecule has 0 bridgehead atoms. The SMILES string of the molecule is Cc1csc(=O)n1CC(=O)N(Cc1ccccc1)c1ccc(Cl)cc1. The van der Waals surface area contributed by atoms with Crippen LogP contribution >= 0.6 is 22.9 Å². The van der Waals surface area contributed by atoms with E-state index in [4.69, 9.17) is 11.6 Å². The summed E-state index contributed by atoms with van der Waals surface area (Å²) in [5.41, 5.74) is 2.55. The fourth-order valence-corrected chi connectivity index (χ4v) is 3.39. The first-order chi connectivity index (χ1) is 12.0. The first-order valence-corrected chi connectivity index (χ1v) is 9.05. The molecule has 25 heavy (non-hydrogen) atoms. The summed E-state index contributed by atoms with van der Waals surface area (Å²) in [7, 11) is 0. The quantitative estimate of drug-likeness (QED) is 0.676. The van der Waals surface area contributed by atoms with Crippen LogP contribution in [0.4, 0.5) is 5.69 Å². The number of rotatable bonds is 5. The molecule has 1 amide bonds. The maximum atomic E-state index is 12.9. The zero-order valence-corrected chi connectivity index (χ0v) is 15.3. The smallest absolute Gasteiger partial charge is 0.306 e. The molecule has 0 spiro atoms. The Morgan fingerprint density at radius 2 is 1.80 bits per heavy atom. The van der Waals surface area contributed by atoms with Crippen LogP contribution in [0.3, 0.4) is 0 Å². The van der Waals surface area contributed by atoms with Gasteiger partial charge < -0.3 is 4.90 Å². The molecule has 0 aliphatic heterocycles. The molecule has 0 saturated heterocycles. The maximum absolute atomic E-state index is 12.9. The highest BCUT2D eigenvalue weighted by Gasteiger charge is 2.18. The standard InChI is InChI=1S/C19H17ClN2O2S/c1-14-13-25-19(24)21(14)12-18(23)22(11-15-5-3-2-4-6-15)17-9-7-16(20)8-10-17/h2-10,13H,11-12H2,1H3. The molecule has 0 atom stereocenters. The van der Waals surface area contributed by atoms with Gasteiger partial charge in [0.1, 0.15) is 6.54 Å². The van der Waals surface area contributed by atoms with Crippen LogP contribution in [-0.2, 0) is 17.9 Å². The number of aryl methyl sites for hydroxylation is 1. The number of thiazole rings is 1. The van der Waals surface area contributed by atoms with E-state index in [1.165, 1.54) is 4.57 Å². The zero-order valence-electron chi connectivity index (χ0n) is 13.7. The minimum Gasteiger partial charge on any atom is -0.306 e. The van der Waals surface area contributed by atoms with E-state index in [1.54, 1.807) is 22.4 Å². The minimum atomic E-state index is -0.144. The highest BCUT2D eigenvalue weighted by Crippen LogP contribution is 2.21. The van der Waals surface area contributed by atoms with Crippen LogP contribution in [-0.4, -0.2) is 10.5 Å². The average Bonchev–Trinajstić information content (AvgIpc) is 2.93. The number of hydrogen-bond acceptors (Lipinski definition) is 3. The van der Waals surface area contributed by atoms with Gasteiger partial charge in [0.05, 0.1) is 6.54 Å². The van der Waals surface area contributed by atoms with Crippen molar-refractivity contribution in [1.29, 1.82) is 0 Å². The molecule has 0 fully saturated rings. The molecule has 3 aromatic rings. The van der Waals surface area contributed by atoms with Crippen LogP contribution in [0.25, 0.3) is 0 Å². The van der Waals surface area contributed by atoms with Gasteiger partial charge in [0, 0.05) is 21.8 Å². The normalized spacial score (nSPS) is 10.6. The molecule has 0 unspecified atom stereocenters. The number of aromatic nitrogens is 1. The third kappa shape index (κ3) is 4.18. The average molecular weight is 373 g/mol. The molecule has 0 aliphatic rings. The Morgan fingerprint density at radius 1 is 1.12 bits per heavy atom. The number of halogens is 1. The zero-order chi connectivity index (χ0) is 17.8. The van der Waals surface area contributed by atoms with Gasteiger partial charge in [0.15, 0.2) is 0 Å². The van der Waals surface area contributed by atoms with E-state index >= 15 is 0 Å². The fourth-order valence-electron chi connectivity index (χ4n) is 2.53. The summed E-state index contributed by atoms with van der Waals surface area (Å²) in [5.74, 6) is -0.144. The van der Waals surface area contributed by atoms with Gasteiger partial charge in [-0.25, -0.2) is 0 Å². The third-order valence-electron chi connectivity index (χ3n) is 3.89. The molecule has 0 aliphatic carbocycles. The van der Waals surface area contributed by atoms with E-state index in [-0.39, 0.29) is 17.3 Å². The monoisotopic (exact) mass is 372 g/mol. The van der Waals surface area contributed by atoms with E-state index in [9.17, 15) is 9.59 Å². The van der Waals surface area contributed by atoms with Crippen LogP contribution in [0.1, 0.15) is 11.3 Å². The second kappa shape index (κ2) is 7.68. The molecule has 0 N–H and O–H groups in total. The maximum Gasteiger partial charge on any atom is 0.307 e. The van der Waals surface area contributed by atoms with Crippen LogP contribution in [0.15, 0.2) is 64.8 Å². The summed E-state index contributed by atoms with van der Waals surface area (Å²) < 4.78 is 1.50. The van der Waals surface area contributed by atoms with E-state index in [1.807, 2.05) is 49.4 Å². The molecule has 128 valence electrons. The summed E-state index contributed by atoms with van der Waals surface area (Å²) in [6.45, 7) is 2.28. The van der Waals surface area contributed by atoms with E-state index < -0.39 is 0 Å². The summed E-state index contributed by atoms with van der Waals surface area (Å²) in [6.07, 6.45) is 0. The van der Waals surface area contributed by atoms with Gasteiger partial charge in [-0.1, -0.05) is 53.3 Å². The Hall–Kier alpha value is -2.37. The van der Waals surface area contributed by atoms with Gasteiger partial charge in [-0.05, 0) is 36.8 Å². The van der Waals surface area contributed by atoms with E-state index in [0.717, 1.165) is 28.3 Å². The molecule has 3 rings (SSSR count). The summed E-state index contributed by atoms with van der Waals surface area (Å²) >= 11 is 7.07. The first-order valence-electron chi connectivity index (χ1n) is 7.79. The van der Waals surface area contributed by atoms with Crippen molar-refractivity contribution < 1.29 is 4.79 Å². The number of carbonyl (C=O) groups excluding carboxylic acids is 1. The Balaban J connectivity index is 1.91. The Kier molecular flexibility index (Phi) is 5.36. The van der Waals surface area contributed by atoms with Crippen LogP contribution < -0.4 is 9.77 Å². The fraction of sp³-hybridized carbons (Fsp3) is 0.158. The first kappa shape index (κ1) is 17.5. The Bertz CT molecular complexity index is 917. The van der Waals surface area contributed by atoms with Crippen LogP contribution in [0.2, 0.25) is 5.02 Å². The highest BCUT2D eigenvalue weighted by molar-refractivity contribution is 7.07. The van der Waals surface area contributed by atoms with Crippen molar-refractivity contribution in [2.75, 3.05) is 4.90 Å². The van der Waals surface area contributed by atoms with Crippen molar-refractivity contribution in [2.45, 2.75) is 20.0 Å². The van der Waals surface area contributed by atoms with Gasteiger partial charge in [-0.3, -0.25) is 14.2 Å². The van der Waals surface area contributed by atoms with Crippen LogP contribution in [0.5, 0.6) is 0 Å². The van der Waals surface area contributed by atoms with E-state index in [0.29, 0.717) is 11.6 Å². The number of nitrogens with zero attached hydrogens (tertiary/aromatic N) is 2. The Labute approximate surface area is 154 Å². The summed E-state index contributed by atoms with van der Waals surface area (Å²) in [5, 5.41) is 2.38. The number of amides is 1. The van der Waals surface area contributed by atoms with Gasteiger partial charge in [-0.15, -0.1) is 0 Å². The molecule has 2 aromatic carbocycles. The topological polar surface area (TPSA) is 42.3 Å². The molecule has 4 nitrogen and oxygen atoms in total. The lowest BCUT2D eigenvalue weighted by Crippen LogP contribution is -2.35. The van der Waals surface area contributed by atoms with Gasteiger partial charge >= 0.3 is 4.87 Å². The van der Waals surface area contributed by atoms with E-state index in [2.05, 4.69) is 0 Å². The number of hydrogen-bond donors (Lipinski definition) is 0. The van der Waals surface area contributed by atoms with Crippen molar-refractivity contribution in [3.05, 3.63) is 85.9 Å². The van der Waals surface area contributed by atoms with Gasteiger partial charge in [0.25, 0.3) is 0 Å². The molecular weight excluding hydrogens is 356 g/mol. The van der Waals surface area contributed by atoms with Crippen molar-refractivity contribution >= 4 is 34.5 Å². The predicted octanol–water partition coefficient (Wildman–Crippen LogP) is 4.11. The molecular formula is C19H17ClN2O2S. The second-order valence-corrected chi connectivity index (χ2v) is 6.93. The minimum absolute atomic E-state index is 0.0175. The molecule has 1 aromatic heterocycles. The highest BCUT2D eigenvalue weighted by atomic mass is 35.5. The lowest BCUT2D eigenvalue weighted by Gasteiger charge is -2.23. The lowest BCUT2D eigenvalue weighted by atomic mass is 10.2. The summed E-state index contributed by atoms with van der Waals surface area (Å²) in [4.78, 5) is 26.4. The van der Waals surface area contributed by atoms with Crippen molar-refractivity contribution in [1.82, 2.24) is 4.57 Å². The van der Waals surface area contributed by atoms with Gasteiger partial charge in [0.2, 0.25) is 5.91 Å².